The Labute approximate surface area is 59.7 Å². The van der Waals surface area contributed by atoms with E-state index < -0.39 is 8.80 Å². The van der Waals surface area contributed by atoms with Gasteiger partial charge in [-0.25, -0.2) is 0 Å². The molecule has 8 heavy (non-hydrogen) atoms. The van der Waals surface area contributed by atoms with Crippen molar-refractivity contribution in [2.45, 2.75) is 37.7 Å². The van der Waals surface area contributed by atoms with Gasteiger partial charge in [-0.15, -0.1) is 0 Å². The summed E-state index contributed by atoms with van der Waals surface area (Å²) >= 11 is 4.41. The molecule has 0 nitrogen and oxygen atoms in total. The van der Waals surface area contributed by atoms with Crippen LogP contribution in [0.5, 0.6) is 0 Å². The summed E-state index contributed by atoms with van der Waals surface area (Å²) in [6, 6.07) is 2.81. The minimum atomic E-state index is -0.401. The average Bonchev–Trinajstić information content (AvgIpc) is 1.69. The second-order valence-electron chi connectivity index (χ2n) is 2.32. The molecule has 2 heteroatoms. The van der Waals surface area contributed by atoms with Crippen molar-refractivity contribution in [3.05, 3.63) is 0 Å². The average molecular weight is 148 g/mol. The molecule has 1 unspecified atom stereocenters. The Bertz CT molecular complexity index is 50.5. The smallest absolute Gasteiger partial charge is 0.0506 e. The molecule has 50 valence electrons. The molecular formula is C6H16SSi. The zero-order chi connectivity index (χ0) is 6.57. The lowest BCUT2D eigenvalue weighted by atomic mass is 10.9. The van der Waals surface area contributed by atoms with Crippen molar-refractivity contribution in [2.75, 3.05) is 0 Å². The van der Waals surface area contributed by atoms with Crippen LogP contribution in [-0.4, -0.2) is 13.7 Å². The van der Waals surface area contributed by atoms with E-state index in [0.29, 0.717) is 4.87 Å². The van der Waals surface area contributed by atoms with Crippen molar-refractivity contribution in [3.63, 3.8) is 0 Å². The van der Waals surface area contributed by atoms with Crippen LogP contribution < -0.4 is 0 Å². The highest BCUT2D eigenvalue weighted by atomic mass is 32.1. The Hall–Kier alpha value is 0.567. The number of thiol groups is 1. The minimum absolute atomic E-state index is 0.401. The van der Waals surface area contributed by atoms with E-state index in [0.717, 1.165) is 0 Å². The predicted octanol–water partition coefficient (Wildman–Crippen LogP) is 2.11. The van der Waals surface area contributed by atoms with E-state index in [2.05, 4.69) is 33.4 Å². The molecule has 0 aliphatic rings. The first-order valence-electron chi connectivity index (χ1n) is 3.40. The van der Waals surface area contributed by atoms with Crippen LogP contribution in [0.1, 0.15) is 20.8 Å². The lowest BCUT2D eigenvalue weighted by Gasteiger charge is -2.12. The molecule has 0 aliphatic carbocycles. The molecule has 0 aromatic rings. The minimum Gasteiger partial charge on any atom is -0.180 e. The molecule has 0 bridgehead atoms. The number of hydrogen-bond donors (Lipinski definition) is 1. The van der Waals surface area contributed by atoms with Crippen LogP contribution >= 0.6 is 12.6 Å². The predicted molar refractivity (Wildman–Crippen MR) is 46.6 cm³/mol. The van der Waals surface area contributed by atoms with E-state index in [1.165, 1.54) is 12.1 Å². The standard InChI is InChI=1S/C6H16SSi/c1-4-8(5-2)6(3)7/h6-8H,4-5H2,1-3H3. The molecule has 0 aromatic carbocycles. The number of hydrogen-bond acceptors (Lipinski definition) is 1. The molecular weight excluding hydrogens is 132 g/mol. The van der Waals surface area contributed by atoms with Gasteiger partial charge >= 0.3 is 0 Å². The second-order valence-corrected chi connectivity index (χ2v) is 7.85. The summed E-state index contributed by atoms with van der Waals surface area (Å²) in [5.74, 6) is 0. The van der Waals surface area contributed by atoms with Gasteiger partial charge in [0.05, 0.1) is 8.80 Å². The van der Waals surface area contributed by atoms with Crippen molar-refractivity contribution < 1.29 is 0 Å². The maximum Gasteiger partial charge on any atom is 0.0506 e. The van der Waals surface area contributed by atoms with E-state index >= 15 is 0 Å². The quantitative estimate of drug-likeness (QED) is 0.460. The van der Waals surface area contributed by atoms with E-state index in [1.807, 2.05) is 0 Å². The van der Waals surface area contributed by atoms with Gasteiger partial charge in [0, 0.05) is 0 Å². The van der Waals surface area contributed by atoms with E-state index in [-0.39, 0.29) is 0 Å². The van der Waals surface area contributed by atoms with Crippen LogP contribution in [-0.2, 0) is 0 Å². The molecule has 0 amide bonds. The van der Waals surface area contributed by atoms with E-state index in [4.69, 9.17) is 0 Å². The van der Waals surface area contributed by atoms with Crippen LogP contribution in [0.2, 0.25) is 12.1 Å². The van der Waals surface area contributed by atoms with Crippen molar-refractivity contribution in [3.8, 4) is 0 Å². The molecule has 0 aliphatic heterocycles. The summed E-state index contributed by atoms with van der Waals surface area (Å²) in [6.45, 7) is 6.80. The Morgan fingerprint density at radius 2 is 1.75 bits per heavy atom. The topological polar surface area (TPSA) is 0 Å². The summed E-state index contributed by atoms with van der Waals surface area (Å²) in [4.78, 5) is 0.713. The Kier molecular flexibility index (Phi) is 4.76. The molecule has 0 N–H and O–H groups in total. The van der Waals surface area contributed by atoms with Crippen LogP contribution in [0.25, 0.3) is 0 Å². The van der Waals surface area contributed by atoms with Crippen LogP contribution in [0.3, 0.4) is 0 Å². The van der Waals surface area contributed by atoms with Crippen LogP contribution in [0.4, 0.5) is 0 Å². The van der Waals surface area contributed by atoms with Gasteiger partial charge < -0.3 is 0 Å². The van der Waals surface area contributed by atoms with Crippen molar-refractivity contribution in [1.29, 1.82) is 0 Å². The number of rotatable bonds is 3. The summed E-state index contributed by atoms with van der Waals surface area (Å²) in [5.41, 5.74) is 0. The molecule has 1 atom stereocenters. The van der Waals surface area contributed by atoms with Gasteiger partial charge in [0.1, 0.15) is 0 Å². The Morgan fingerprint density at radius 1 is 1.38 bits per heavy atom. The lowest BCUT2D eigenvalue weighted by molar-refractivity contribution is 1.21. The van der Waals surface area contributed by atoms with Gasteiger partial charge in [-0.1, -0.05) is 32.9 Å². The van der Waals surface area contributed by atoms with E-state index in [1.54, 1.807) is 0 Å². The first kappa shape index (κ1) is 8.57. The normalized spacial score (nSPS) is 14.6. The van der Waals surface area contributed by atoms with Gasteiger partial charge in [0.15, 0.2) is 0 Å². The summed E-state index contributed by atoms with van der Waals surface area (Å²) in [6.07, 6.45) is 0. The fraction of sp³-hybridized carbons (Fsp3) is 1.00. The lowest BCUT2D eigenvalue weighted by Crippen LogP contribution is -2.20. The van der Waals surface area contributed by atoms with Gasteiger partial charge in [-0.05, 0) is 4.87 Å². The maximum atomic E-state index is 4.41. The largest absolute Gasteiger partial charge is 0.180 e. The molecule has 0 radical (unpaired) electrons. The first-order valence-corrected chi connectivity index (χ1v) is 6.22. The van der Waals surface area contributed by atoms with E-state index in [9.17, 15) is 0 Å². The highest BCUT2D eigenvalue weighted by Gasteiger charge is 2.09. The van der Waals surface area contributed by atoms with Gasteiger partial charge in [-0.2, -0.15) is 12.6 Å². The van der Waals surface area contributed by atoms with Crippen LogP contribution in [0, 0.1) is 0 Å². The monoisotopic (exact) mass is 148 g/mol. The molecule has 0 heterocycles. The molecule has 0 aromatic heterocycles. The Morgan fingerprint density at radius 3 is 1.75 bits per heavy atom. The van der Waals surface area contributed by atoms with Crippen LogP contribution in [0.15, 0.2) is 0 Å². The van der Waals surface area contributed by atoms with Crippen molar-refractivity contribution in [1.82, 2.24) is 0 Å². The Balaban J connectivity index is 3.35. The summed E-state index contributed by atoms with van der Waals surface area (Å²) < 4.78 is 0. The molecule has 0 rings (SSSR count). The third-order valence-corrected chi connectivity index (χ3v) is 6.46. The fourth-order valence-electron chi connectivity index (χ4n) is 0.971. The van der Waals surface area contributed by atoms with Gasteiger partial charge in [0.25, 0.3) is 0 Å². The molecule has 0 fully saturated rings. The van der Waals surface area contributed by atoms with Gasteiger partial charge in [0.2, 0.25) is 0 Å². The third-order valence-electron chi connectivity index (χ3n) is 1.73. The van der Waals surface area contributed by atoms with Crippen molar-refractivity contribution in [2.24, 2.45) is 0 Å². The van der Waals surface area contributed by atoms with Gasteiger partial charge in [-0.3, -0.25) is 0 Å². The molecule has 0 saturated carbocycles. The molecule has 0 saturated heterocycles. The highest BCUT2D eigenvalue weighted by Crippen LogP contribution is 2.07. The zero-order valence-electron chi connectivity index (χ0n) is 6.02. The second kappa shape index (κ2) is 4.45. The fourth-order valence-corrected chi connectivity index (χ4v) is 4.18. The maximum absolute atomic E-state index is 4.41. The summed E-state index contributed by atoms with van der Waals surface area (Å²) in [7, 11) is -0.401. The zero-order valence-corrected chi connectivity index (χ0v) is 8.07. The van der Waals surface area contributed by atoms with Crippen molar-refractivity contribution >= 4 is 21.4 Å². The first-order chi connectivity index (χ1) is 3.72. The molecule has 0 spiro atoms. The highest BCUT2D eigenvalue weighted by molar-refractivity contribution is 7.82. The third kappa shape index (κ3) is 2.77. The SMILES string of the molecule is CC[SiH](CC)C(C)S. The summed E-state index contributed by atoms with van der Waals surface area (Å²) in [5, 5.41) is 0.